The number of pyridine rings is 1. The number of para-hydroxylation sites is 2. The number of nitrogens with zero attached hydrogens (tertiary/aromatic N) is 7. The number of rotatable bonds is 9. The number of carbonyl (C=O) groups is 1. The van der Waals surface area contributed by atoms with Gasteiger partial charge in [0.25, 0.3) is 6.43 Å². The number of benzene rings is 1. The normalized spacial score (nSPS) is 19.1. The van der Waals surface area contributed by atoms with E-state index in [0.29, 0.717) is 81.4 Å². The van der Waals surface area contributed by atoms with E-state index in [9.17, 15) is 13.6 Å². The maximum absolute atomic E-state index is 14.2. The van der Waals surface area contributed by atoms with Crippen LogP contribution in [-0.2, 0) is 16.0 Å². The van der Waals surface area contributed by atoms with Crippen molar-refractivity contribution < 1.29 is 23.0 Å². The van der Waals surface area contributed by atoms with Crippen molar-refractivity contribution in [3.05, 3.63) is 66.2 Å². The Hall–Kier alpha value is -4.19. The van der Waals surface area contributed by atoms with Gasteiger partial charge in [-0.3, -0.25) is 14.3 Å². The summed E-state index contributed by atoms with van der Waals surface area (Å²) in [6.45, 7) is 2.86. The van der Waals surface area contributed by atoms with Gasteiger partial charge in [-0.1, -0.05) is 12.1 Å². The molecule has 0 spiro atoms. The number of imidazole rings is 1. The standard InChI is InChI=1S/C31H35F2N7O3/c1-38(15-12-21-10-13-34-14-11-21)30(41)22-6-8-23(9-7-22)43-27-20-26(36-31(37-27)39-16-18-42-19-17-39)40-25-5-3-2-4-24(25)35-29(40)28(32)33/h2-5,10-11,13-14,20,22-23,28H,6-9,12,15-19H2,1H3/t22-,23-. The molecule has 12 heteroatoms. The van der Waals surface area contributed by atoms with E-state index in [1.54, 1.807) is 42.7 Å². The molecule has 43 heavy (non-hydrogen) atoms. The molecule has 0 radical (unpaired) electrons. The summed E-state index contributed by atoms with van der Waals surface area (Å²) in [5.41, 5.74) is 2.14. The molecule has 1 aliphatic heterocycles. The summed E-state index contributed by atoms with van der Waals surface area (Å²) in [6.07, 6.45) is 4.16. The summed E-state index contributed by atoms with van der Waals surface area (Å²) >= 11 is 0. The van der Waals surface area contributed by atoms with Crippen molar-refractivity contribution in [3.8, 4) is 11.7 Å². The number of morpholine rings is 1. The van der Waals surface area contributed by atoms with Crippen LogP contribution in [0.25, 0.3) is 16.9 Å². The number of anilines is 1. The molecule has 1 saturated heterocycles. The van der Waals surface area contributed by atoms with Gasteiger partial charge in [-0.15, -0.1) is 0 Å². The minimum Gasteiger partial charge on any atom is -0.474 e. The summed E-state index contributed by atoms with van der Waals surface area (Å²) in [6, 6.07) is 12.5. The lowest BCUT2D eigenvalue weighted by Gasteiger charge is -2.31. The van der Waals surface area contributed by atoms with Gasteiger partial charge >= 0.3 is 0 Å². The molecule has 0 atom stereocenters. The Kier molecular flexibility index (Phi) is 8.73. The van der Waals surface area contributed by atoms with E-state index in [0.717, 1.165) is 12.0 Å². The van der Waals surface area contributed by atoms with Crippen molar-refractivity contribution >= 4 is 22.9 Å². The summed E-state index contributed by atoms with van der Waals surface area (Å²) in [4.78, 5) is 34.5. The van der Waals surface area contributed by atoms with Crippen molar-refractivity contribution in [1.29, 1.82) is 0 Å². The van der Waals surface area contributed by atoms with Crippen LogP contribution in [-0.4, -0.2) is 81.3 Å². The molecule has 226 valence electrons. The molecule has 3 aromatic heterocycles. The van der Waals surface area contributed by atoms with Crippen LogP contribution in [0.15, 0.2) is 54.9 Å². The van der Waals surface area contributed by atoms with Gasteiger partial charge in [0, 0.05) is 51.1 Å². The molecule has 0 unspecified atom stereocenters. The number of hydrogen-bond acceptors (Lipinski definition) is 8. The highest BCUT2D eigenvalue weighted by Gasteiger charge is 2.30. The number of halogens is 2. The molecule has 10 nitrogen and oxygen atoms in total. The smallest absolute Gasteiger partial charge is 0.296 e. The first-order valence-corrected chi connectivity index (χ1v) is 14.7. The Bertz CT molecular complexity index is 1540. The molecule has 2 aliphatic rings. The number of hydrogen-bond donors (Lipinski definition) is 0. The molecular weight excluding hydrogens is 556 g/mol. The first-order valence-electron chi connectivity index (χ1n) is 14.7. The van der Waals surface area contributed by atoms with Gasteiger partial charge < -0.3 is 19.3 Å². The zero-order valence-corrected chi connectivity index (χ0v) is 24.1. The summed E-state index contributed by atoms with van der Waals surface area (Å²) < 4.78 is 41.6. The number of fused-ring (bicyclic) bond motifs is 1. The predicted octanol–water partition coefficient (Wildman–Crippen LogP) is 4.62. The Labute approximate surface area is 248 Å². The van der Waals surface area contributed by atoms with Crippen molar-refractivity contribution in [2.75, 3.05) is 44.8 Å². The van der Waals surface area contributed by atoms with Crippen LogP contribution < -0.4 is 9.64 Å². The minimum atomic E-state index is -2.80. The average molecular weight is 592 g/mol. The van der Waals surface area contributed by atoms with E-state index in [1.165, 1.54) is 4.57 Å². The summed E-state index contributed by atoms with van der Waals surface area (Å²) in [5, 5.41) is 0. The zero-order chi connectivity index (χ0) is 29.8. The van der Waals surface area contributed by atoms with Crippen LogP contribution in [0.5, 0.6) is 5.88 Å². The van der Waals surface area contributed by atoms with Crippen LogP contribution in [0.1, 0.15) is 43.5 Å². The molecule has 2 fully saturated rings. The first kappa shape index (κ1) is 28.9. The largest absolute Gasteiger partial charge is 0.474 e. The van der Waals surface area contributed by atoms with Crippen LogP contribution in [0, 0.1) is 5.92 Å². The lowest BCUT2D eigenvalue weighted by atomic mass is 9.86. The van der Waals surface area contributed by atoms with Gasteiger partial charge in [0.2, 0.25) is 17.7 Å². The van der Waals surface area contributed by atoms with E-state index < -0.39 is 6.43 Å². The predicted molar refractivity (Wildman–Crippen MR) is 157 cm³/mol. The molecule has 4 aromatic rings. The number of ether oxygens (including phenoxy) is 2. The second-order valence-corrected chi connectivity index (χ2v) is 11.0. The lowest BCUT2D eigenvalue weighted by molar-refractivity contribution is -0.135. The molecule has 0 N–H and O–H groups in total. The second kappa shape index (κ2) is 13.0. The maximum atomic E-state index is 14.2. The topological polar surface area (TPSA) is 98.5 Å². The van der Waals surface area contributed by atoms with Crippen LogP contribution >= 0.6 is 0 Å². The monoisotopic (exact) mass is 591 g/mol. The molecule has 1 saturated carbocycles. The SMILES string of the molecule is CN(CCc1ccncc1)C(=O)[C@H]1CC[C@H](Oc2cc(-n3c(C(F)F)nc4ccccc43)nc(N3CCOCC3)n2)CC1. The molecule has 6 rings (SSSR count). The van der Waals surface area contributed by atoms with Crippen LogP contribution in [0.4, 0.5) is 14.7 Å². The molecule has 1 aliphatic carbocycles. The van der Waals surface area contributed by atoms with Gasteiger partial charge in [0.05, 0.1) is 24.2 Å². The fourth-order valence-electron chi connectivity index (χ4n) is 5.78. The van der Waals surface area contributed by atoms with E-state index in [2.05, 4.69) is 15.0 Å². The number of likely N-dealkylation sites (N-methyl/N-ethyl adjacent to an activating group) is 1. The minimum absolute atomic E-state index is 0.0573. The zero-order valence-electron chi connectivity index (χ0n) is 24.1. The Morgan fingerprint density at radius 2 is 1.79 bits per heavy atom. The van der Waals surface area contributed by atoms with Crippen molar-refractivity contribution in [2.45, 2.75) is 44.6 Å². The Morgan fingerprint density at radius 3 is 2.53 bits per heavy atom. The lowest BCUT2D eigenvalue weighted by Crippen LogP contribution is -2.38. The number of aromatic nitrogens is 5. The Balaban J connectivity index is 1.18. The van der Waals surface area contributed by atoms with Crippen molar-refractivity contribution in [1.82, 2.24) is 29.4 Å². The molecule has 4 heterocycles. The number of alkyl halides is 2. The number of carbonyl (C=O) groups excluding carboxylic acids is 1. The van der Waals surface area contributed by atoms with Gasteiger partial charge in [-0.2, -0.15) is 9.97 Å². The van der Waals surface area contributed by atoms with Gasteiger partial charge in [0.15, 0.2) is 5.82 Å². The third-order valence-corrected chi connectivity index (χ3v) is 8.15. The van der Waals surface area contributed by atoms with Gasteiger partial charge in [-0.05, 0) is 61.9 Å². The maximum Gasteiger partial charge on any atom is 0.296 e. The van der Waals surface area contributed by atoms with E-state index in [1.807, 2.05) is 29.0 Å². The van der Waals surface area contributed by atoms with E-state index in [4.69, 9.17) is 14.5 Å². The second-order valence-electron chi connectivity index (χ2n) is 11.0. The molecule has 1 aromatic carbocycles. The Morgan fingerprint density at radius 1 is 1.05 bits per heavy atom. The summed E-state index contributed by atoms with van der Waals surface area (Å²) in [7, 11) is 1.86. The summed E-state index contributed by atoms with van der Waals surface area (Å²) in [5.74, 6) is 0.694. The van der Waals surface area contributed by atoms with Crippen molar-refractivity contribution in [2.24, 2.45) is 5.92 Å². The third-order valence-electron chi connectivity index (χ3n) is 8.15. The van der Waals surface area contributed by atoms with E-state index >= 15 is 0 Å². The molecular formula is C31H35F2N7O3. The van der Waals surface area contributed by atoms with Crippen LogP contribution in [0.3, 0.4) is 0 Å². The van der Waals surface area contributed by atoms with Gasteiger partial charge in [0.1, 0.15) is 11.9 Å². The highest BCUT2D eigenvalue weighted by molar-refractivity contribution is 5.79. The fraction of sp³-hybridized carbons (Fsp3) is 0.452. The quantitative estimate of drug-likeness (QED) is 0.278. The molecule has 0 bridgehead atoms. The molecule has 1 amide bonds. The van der Waals surface area contributed by atoms with Crippen LogP contribution in [0.2, 0.25) is 0 Å². The van der Waals surface area contributed by atoms with E-state index in [-0.39, 0.29) is 29.6 Å². The third kappa shape index (κ3) is 6.58. The van der Waals surface area contributed by atoms with Gasteiger partial charge in [-0.25, -0.2) is 13.8 Å². The fourth-order valence-corrected chi connectivity index (χ4v) is 5.78. The highest BCUT2D eigenvalue weighted by Crippen LogP contribution is 2.32. The number of amides is 1. The highest BCUT2D eigenvalue weighted by atomic mass is 19.3. The van der Waals surface area contributed by atoms with Crippen molar-refractivity contribution in [3.63, 3.8) is 0 Å². The first-order chi connectivity index (χ1) is 21.0. The average Bonchev–Trinajstić information content (AvgIpc) is 3.45.